The van der Waals surface area contributed by atoms with Gasteiger partial charge >= 0.3 is 0 Å². The van der Waals surface area contributed by atoms with Crippen LogP contribution in [-0.4, -0.2) is 14.2 Å². The molecule has 2 nitrogen and oxygen atoms in total. The molecule has 0 saturated carbocycles. The number of hydrogen-bond donors (Lipinski definition) is 1. The number of nitrogens with one attached hydrogen (secondary N) is 1. The van der Waals surface area contributed by atoms with E-state index < -0.39 is 0 Å². The highest BCUT2D eigenvalue weighted by Crippen LogP contribution is 2.26. The van der Waals surface area contributed by atoms with Gasteiger partial charge in [-0.15, -0.1) is 0 Å². The maximum Gasteiger partial charge on any atom is 0.165 e. The van der Waals surface area contributed by atoms with Gasteiger partial charge in [-0.3, -0.25) is 0 Å². The Bertz CT molecular complexity index is 574. The quantitative estimate of drug-likeness (QED) is 0.827. The molecule has 0 saturated heterocycles. The van der Waals surface area contributed by atoms with E-state index in [2.05, 4.69) is 34.0 Å². The molecule has 2 rings (SSSR count). The van der Waals surface area contributed by atoms with E-state index >= 15 is 0 Å². The minimum absolute atomic E-state index is 0.0323. The van der Waals surface area contributed by atoms with Crippen LogP contribution in [0.2, 0.25) is 0 Å². The SMILES string of the molecule is CNC(c1cccc(I)c1)c1ccc(OC)c(F)c1. The van der Waals surface area contributed by atoms with Crippen molar-refractivity contribution in [2.45, 2.75) is 6.04 Å². The zero-order valence-electron chi connectivity index (χ0n) is 10.8. The van der Waals surface area contributed by atoms with Crippen LogP contribution in [-0.2, 0) is 0 Å². The van der Waals surface area contributed by atoms with E-state index in [-0.39, 0.29) is 17.6 Å². The van der Waals surface area contributed by atoms with Crippen LogP contribution in [0, 0.1) is 9.39 Å². The van der Waals surface area contributed by atoms with Crippen LogP contribution >= 0.6 is 22.6 Å². The Kier molecular flexibility index (Phi) is 4.76. The van der Waals surface area contributed by atoms with E-state index in [9.17, 15) is 4.39 Å². The molecule has 0 aromatic heterocycles. The summed E-state index contributed by atoms with van der Waals surface area (Å²) in [5.74, 6) is -0.0767. The van der Waals surface area contributed by atoms with Gasteiger partial charge in [0.05, 0.1) is 13.2 Å². The second-order valence-electron chi connectivity index (χ2n) is 4.17. The van der Waals surface area contributed by atoms with Crippen molar-refractivity contribution in [1.82, 2.24) is 5.32 Å². The van der Waals surface area contributed by atoms with Crippen molar-refractivity contribution >= 4 is 22.6 Å². The third-order valence-electron chi connectivity index (χ3n) is 2.98. The normalized spacial score (nSPS) is 12.2. The van der Waals surface area contributed by atoms with E-state index in [0.717, 1.165) is 14.7 Å². The van der Waals surface area contributed by atoms with Crippen molar-refractivity contribution in [3.05, 3.63) is 63.0 Å². The number of benzene rings is 2. The minimum atomic E-state index is -0.342. The summed E-state index contributed by atoms with van der Waals surface area (Å²) in [6, 6.07) is 13.2. The van der Waals surface area contributed by atoms with Crippen molar-refractivity contribution < 1.29 is 9.13 Å². The third kappa shape index (κ3) is 3.25. The van der Waals surface area contributed by atoms with Crippen LogP contribution in [0.1, 0.15) is 17.2 Å². The Morgan fingerprint density at radius 1 is 1.16 bits per heavy atom. The lowest BCUT2D eigenvalue weighted by atomic mass is 9.99. The molecule has 0 amide bonds. The van der Waals surface area contributed by atoms with E-state index in [1.54, 1.807) is 6.07 Å². The summed E-state index contributed by atoms with van der Waals surface area (Å²) in [4.78, 5) is 0. The molecule has 0 bridgehead atoms. The van der Waals surface area contributed by atoms with E-state index in [1.807, 2.05) is 31.3 Å². The molecule has 0 radical (unpaired) electrons. The lowest BCUT2D eigenvalue weighted by molar-refractivity contribution is 0.386. The number of rotatable bonds is 4. The fourth-order valence-electron chi connectivity index (χ4n) is 2.07. The van der Waals surface area contributed by atoms with Gasteiger partial charge in [-0.1, -0.05) is 18.2 Å². The summed E-state index contributed by atoms with van der Waals surface area (Å²) in [6.45, 7) is 0. The van der Waals surface area contributed by atoms with Crippen molar-refractivity contribution in [3.63, 3.8) is 0 Å². The molecule has 0 aliphatic carbocycles. The average Bonchev–Trinajstić information content (AvgIpc) is 2.40. The standard InChI is InChI=1S/C15H15FINO/c1-18-15(10-4-3-5-12(17)8-10)11-6-7-14(19-2)13(16)9-11/h3-9,15,18H,1-2H3. The van der Waals surface area contributed by atoms with Gasteiger partial charge in [-0.25, -0.2) is 4.39 Å². The maximum atomic E-state index is 13.8. The maximum absolute atomic E-state index is 13.8. The first kappa shape index (κ1) is 14.3. The van der Waals surface area contributed by atoms with Crippen molar-refractivity contribution in [2.24, 2.45) is 0 Å². The first-order valence-electron chi connectivity index (χ1n) is 5.92. The van der Waals surface area contributed by atoms with Gasteiger partial charge in [0.2, 0.25) is 0 Å². The van der Waals surface area contributed by atoms with Crippen LogP contribution in [0.5, 0.6) is 5.75 Å². The van der Waals surface area contributed by atoms with Crippen molar-refractivity contribution in [1.29, 1.82) is 0 Å². The topological polar surface area (TPSA) is 21.3 Å². The van der Waals surface area contributed by atoms with Gasteiger partial charge in [0.1, 0.15) is 0 Å². The monoisotopic (exact) mass is 371 g/mol. The van der Waals surface area contributed by atoms with Gasteiger partial charge in [-0.05, 0) is 65.0 Å². The lowest BCUT2D eigenvalue weighted by Gasteiger charge is -2.18. The zero-order chi connectivity index (χ0) is 13.8. The molecule has 2 aromatic carbocycles. The molecule has 100 valence electrons. The Labute approximate surface area is 126 Å². The van der Waals surface area contributed by atoms with Gasteiger partial charge in [0.15, 0.2) is 11.6 Å². The molecule has 0 spiro atoms. The minimum Gasteiger partial charge on any atom is -0.494 e. The van der Waals surface area contributed by atoms with Gasteiger partial charge < -0.3 is 10.1 Å². The summed E-state index contributed by atoms with van der Waals surface area (Å²) in [5, 5.41) is 3.22. The lowest BCUT2D eigenvalue weighted by Crippen LogP contribution is -2.18. The van der Waals surface area contributed by atoms with E-state index in [1.165, 1.54) is 13.2 Å². The van der Waals surface area contributed by atoms with Crippen molar-refractivity contribution in [2.75, 3.05) is 14.2 Å². The third-order valence-corrected chi connectivity index (χ3v) is 3.65. The first-order valence-corrected chi connectivity index (χ1v) is 6.99. The van der Waals surface area contributed by atoms with Crippen LogP contribution in [0.3, 0.4) is 0 Å². The molecule has 1 unspecified atom stereocenters. The fourth-order valence-corrected chi connectivity index (χ4v) is 2.64. The zero-order valence-corrected chi connectivity index (χ0v) is 12.9. The number of halogens is 2. The second-order valence-corrected chi connectivity index (χ2v) is 5.42. The fraction of sp³-hybridized carbons (Fsp3) is 0.200. The Hall–Kier alpha value is -1.14. The van der Waals surface area contributed by atoms with E-state index in [0.29, 0.717) is 0 Å². The molecule has 1 atom stereocenters. The number of methoxy groups -OCH3 is 1. The molecular formula is C15H15FINO. The predicted octanol–water partition coefficient (Wildman–Crippen LogP) is 3.75. The molecule has 2 aromatic rings. The van der Waals surface area contributed by atoms with Crippen LogP contribution in [0.4, 0.5) is 4.39 Å². The largest absolute Gasteiger partial charge is 0.494 e. The Morgan fingerprint density at radius 3 is 2.47 bits per heavy atom. The molecule has 1 N–H and O–H groups in total. The number of hydrogen-bond acceptors (Lipinski definition) is 2. The summed E-state index contributed by atoms with van der Waals surface area (Å²) in [5.41, 5.74) is 1.99. The summed E-state index contributed by atoms with van der Waals surface area (Å²) in [6.07, 6.45) is 0. The summed E-state index contributed by atoms with van der Waals surface area (Å²) >= 11 is 2.27. The highest BCUT2D eigenvalue weighted by molar-refractivity contribution is 14.1. The molecule has 4 heteroatoms. The highest BCUT2D eigenvalue weighted by atomic mass is 127. The summed E-state index contributed by atoms with van der Waals surface area (Å²) in [7, 11) is 3.33. The molecule has 0 heterocycles. The predicted molar refractivity (Wildman–Crippen MR) is 83.0 cm³/mol. The van der Waals surface area contributed by atoms with Crippen LogP contribution in [0.25, 0.3) is 0 Å². The summed E-state index contributed by atoms with van der Waals surface area (Å²) < 4.78 is 19.9. The molecule has 0 aliphatic rings. The van der Waals surface area contributed by atoms with E-state index in [4.69, 9.17) is 4.74 Å². The van der Waals surface area contributed by atoms with Gasteiger partial charge in [-0.2, -0.15) is 0 Å². The van der Waals surface area contributed by atoms with Gasteiger partial charge in [0.25, 0.3) is 0 Å². The van der Waals surface area contributed by atoms with Crippen molar-refractivity contribution in [3.8, 4) is 5.75 Å². The first-order chi connectivity index (χ1) is 9.15. The van der Waals surface area contributed by atoms with Crippen LogP contribution < -0.4 is 10.1 Å². The Balaban J connectivity index is 2.39. The smallest absolute Gasteiger partial charge is 0.165 e. The Morgan fingerprint density at radius 2 is 1.89 bits per heavy atom. The van der Waals surface area contributed by atoms with Crippen LogP contribution in [0.15, 0.2) is 42.5 Å². The van der Waals surface area contributed by atoms with Gasteiger partial charge in [0, 0.05) is 3.57 Å². The molecular weight excluding hydrogens is 356 g/mol. The number of ether oxygens (including phenoxy) is 1. The molecule has 0 aliphatic heterocycles. The highest BCUT2D eigenvalue weighted by Gasteiger charge is 2.14. The average molecular weight is 371 g/mol. The molecule has 19 heavy (non-hydrogen) atoms. The second kappa shape index (κ2) is 6.34. The molecule has 0 fully saturated rings.